The van der Waals surface area contributed by atoms with Gasteiger partial charge in [-0.3, -0.25) is 9.48 Å². The summed E-state index contributed by atoms with van der Waals surface area (Å²) in [6.07, 6.45) is 2.72. The van der Waals surface area contributed by atoms with E-state index in [4.69, 9.17) is 0 Å². The van der Waals surface area contributed by atoms with Crippen LogP contribution in [0.25, 0.3) is 0 Å². The van der Waals surface area contributed by atoms with Crippen LogP contribution in [-0.2, 0) is 24.8 Å². The molecule has 0 saturated heterocycles. The highest BCUT2D eigenvalue weighted by molar-refractivity contribution is 5.78. The fraction of sp³-hybridized carbons (Fsp3) is 0.375. The molecule has 0 bridgehead atoms. The number of carbonyl (C=O) groups is 1. The van der Waals surface area contributed by atoms with Crippen LogP contribution in [0.4, 0.5) is 4.39 Å². The second-order valence-electron chi connectivity index (χ2n) is 5.54. The normalized spacial score (nSPS) is 14.2. The van der Waals surface area contributed by atoms with Gasteiger partial charge in [-0.15, -0.1) is 0 Å². The van der Waals surface area contributed by atoms with Crippen molar-refractivity contribution >= 4 is 5.91 Å². The van der Waals surface area contributed by atoms with Crippen LogP contribution in [0.5, 0.6) is 0 Å². The molecule has 1 heterocycles. The van der Waals surface area contributed by atoms with E-state index in [0.717, 1.165) is 11.3 Å². The summed E-state index contributed by atoms with van der Waals surface area (Å²) >= 11 is 0. The van der Waals surface area contributed by atoms with Crippen molar-refractivity contribution in [2.45, 2.75) is 31.7 Å². The van der Waals surface area contributed by atoms with Crippen molar-refractivity contribution in [2.75, 3.05) is 0 Å². The number of nitrogens with one attached hydrogen (secondary N) is 1. The third kappa shape index (κ3) is 3.48. The highest BCUT2D eigenvalue weighted by Crippen LogP contribution is 2.39. The van der Waals surface area contributed by atoms with Crippen LogP contribution in [-0.4, -0.2) is 15.7 Å². The van der Waals surface area contributed by atoms with Crippen LogP contribution in [0.15, 0.2) is 30.3 Å². The fourth-order valence-electron chi connectivity index (χ4n) is 2.43. The van der Waals surface area contributed by atoms with Crippen molar-refractivity contribution in [3.63, 3.8) is 0 Å². The van der Waals surface area contributed by atoms with Gasteiger partial charge in [0.05, 0.1) is 18.7 Å². The van der Waals surface area contributed by atoms with Gasteiger partial charge in [0.1, 0.15) is 5.82 Å². The molecule has 5 heteroatoms. The van der Waals surface area contributed by atoms with Gasteiger partial charge in [0.2, 0.25) is 5.91 Å². The topological polar surface area (TPSA) is 46.9 Å². The van der Waals surface area contributed by atoms with Gasteiger partial charge in [0.25, 0.3) is 0 Å². The van der Waals surface area contributed by atoms with Crippen molar-refractivity contribution in [3.8, 4) is 0 Å². The van der Waals surface area contributed by atoms with Crippen molar-refractivity contribution in [1.82, 2.24) is 15.1 Å². The zero-order valence-corrected chi connectivity index (χ0v) is 12.0. The van der Waals surface area contributed by atoms with E-state index in [1.165, 1.54) is 30.7 Å². The van der Waals surface area contributed by atoms with E-state index in [1.54, 1.807) is 12.1 Å². The molecule has 0 radical (unpaired) electrons. The number of amides is 1. The van der Waals surface area contributed by atoms with E-state index in [9.17, 15) is 9.18 Å². The Morgan fingerprint density at radius 2 is 2.10 bits per heavy atom. The summed E-state index contributed by atoms with van der Waals surface area (Å²) in [7, 11) is 1.94. The Morgan fingerprint density at radius 3 is 2.76 bits per heavy atom. The van der Waals surface area contributed by atoms with Crippen molar-refractivity contribution in [2.24, 2.45) is 7.05 Å². The molecule has 0 aliphatic heterocycles. The lowest BCUT2D eigenvalue weighted by atomic mass is 10.1. The van der Waals surface area contributed by atoms with E-state index >= 15 is 0 Å². The fourth-order valence-corrected chi connectivity index (χ4v) is 2.43. The number of benzene rings is 1. The molecule has 3 rings (SSSR count). The summed E-state index contributed by atoms with van der Waals surface area (Å²) in [4.78, 5) is 11.9. The molecule has 21 heavy (non-hydrogen) atoms. The Morgan fingerprint density at radius 1 is 1.38 bits per heavy atom. The summed E-state index contributed by atoms with van der Waals surface area (Å²) in [6.45, 7) is 0.431. The number of aryl methyl sites for hydroxylation is 1. The smallest absolute Gasteiger partial charge is 0.224 e. The zero-order chi connectivity index (χ0) is 14.8. The minimum atomic E-state index is -0.291. The standard InChI is InChI=1S/C16H18FN3O/c1-20-15(12-4-5-12)9-14(19-20)10-18-16(21)8-11-2-6-13(17)7-3-11/h2-3,6-7,9,12H,4-5,8,10H2,1H3,(H,18,21). The molecule has 4 nitrogen and oxygen atoms in total. The first-order valence-corrected chi connectivity index (χ1v) is 7.16. The summed E-state index contributed by atoms with van der Waals surface area (Å²) in [5.41, 5.74) is 2.93. The third-order valence-electron chi connectivity index (χ3n) is 3.71. The largest absolute Gasteiger partial charge is 0.350 e. The lowest BCUT2D eigenvalue weighted by Gasteiger charge is -2.03. The number of nitrogens with zero attached hydrogens (tertiary/aromatic N) is 2. The second-order valence-corrected chi connectivity index (χ2v) is 5.54. The van der Waals surface area contributed by atoms with Gasteiger partial charge in [-0.05, 0) is 36.6 Å². The van der Waals surface area contributed by atoms with Crippen LogP contribution in [0, 0.1) is 5.82 Å². The average molecular weight is 287 g/mol. The molecule has 1 aromatic heterocycles. The first-order valence-electron chi connectivity index (χ1n) is 7.16. The van der Waals surface area contributed by atoms with Gasteiger partial charge in [-0.1, -0.05) is 12.1 Å². The summed E-state index contributed by atoms with van der Waals surface area (Å²) in [6, 6.07) is 8.05. The second kappa shape index (κ2) is 5.68. The van der Waals surface area contributed by atoms with Gasteiger partial charge in [-0.2, -0.15) is 5.10 Å². The van der Waals surface area contributed by atoms with Gasteiger partial charge >= 0.3 is 0 Å². The number of hydrogen-bond acceptors (Lipinski definition) is 2. The lowest BCUT2D eigenvalue weighted by Crippen LogP contribution is -2.24. The van der Waals surface area contributed by atoms with Crippen molar-refractivity contribution in [3.05, 3.63) is 53.1 Å². The highest BCUT2D eigenvalue weighted by Gasteiger charge is 2.27. The maximum Gasteiger partial charge on any atom is 0.224 e. The van der Waals surface area contributed by atoms with E-state index in [1.807, 2.05) is 11.7 Å². The van der Waals surface area contributed by atoms with Crippen LogP contribution >= 0.6 is 0 Å². The Kier molecular flexibility index (Phi) is 3.73. The molecule has 110 valence electrons. The predicted molar refractivity (Wildman–Crippen MR) is 77.1 cm³/mol. The minimum absolute atomic E-state index is 0.0831. The Balaban J connectivity index is 1.53. The molecule has 0 unspecified atom stereocenters. The summed E-state index contributed by atoms with van der Waals surface area (Å²) in [5.74, 6) is 0.270. The quantitative estimate of drug-likeness (QED) is 0.917. The van der Waals surface area contributed by atoms with Crippen LogP contribution in [0.3, 0.4) is 0 Å². The SMILES string of the molecule is Cn1nc(CNC(=O)Cc2ccc(F)cc2)cc1C1CC1. The average Bonchev–Trinajstić information content (AvgIpc) is 3.23. The molecule has 0 atom stereocenters. The van der Waals surface area contributed by atoms with Crippen LogP contribution in [0.1, 0.15) is 35.7 Å². The van der Waals surface area contributed by atoms with E-state index in [0.29, 0.717) is 12.5 Å². The minimum Gasteiger partial charge on any atom is -0.350 e. The van der Waals surface area contributed by atoms with Gasteiger partial charge in [0.15, 0.2) is 0 Å². The summed E-state index contributed by atoms with van der Waals surface area (Å²) in [5, 5.41) is 7.27. The first-order chi connectivity index (χ1) is 10.1. The number of rotatable bonds is 5. The molecular formula is C16H18FN3O. The predicted octanol–water partition coefficient (Wildman–Crippen LogP) is 2.30. The number of hydrogen-bond donors (Lipinski definition) is 1. The Bertz CT molecular complexity index is 644. The van der Waals surface area contributed by atoms with E-state index in [-0.39, 0.29) is 18.1 Å². The molecule has 1 aliphatic rings. The van der Waals surface area contributed by atoms with Gasteiger partial charge in [-0.25, -0.2) is 4.39 Å². The highest BCUT2D eigenvalue weighted by atomic mass is 19.1. The maximum atomic E-state index is 12.8. The monoisotopic (exact) mass is 287 g/mol. The number of halogens is 1. The molecule has 1 amide bonds. The molecule has 1 saturated carbocycles. The van der Waals surface area contributed by atoms with Crippen LogP contribution < -0.4 is 5.32 Å². The molecule has 0 spiro atoms. The van der Waals surface area contributed by atoms with E-state index < -0.39 is 0 Å². The van der Waals surface area contributed by atoms with Crippen molar-refractivity contribution < 1.29 is 9.18 Å². The maximum absolute atomic E-state index is 12.8. The van der Waals surface area contributed by atoms with Crippen LogP contribution in [0.2, 0.25) is 0 Å². The van der Waals surface area contributed by atoms with Crippen molar-refractivity contribution in [1.29, 1.82) is 0 Å². The molecule has 2 aromatic rings. The number of aromatic nitrogens is 2. The molecular weight excluding hydrogens is 269 g/mol. The van der Waals surface area contributed by atoms with E-state index in [2.05, 4.69) is 16.5 Å². The summed E-state index contributed by atoms with van der Waals surface area (Å²) < 4.78 is 14.7. The molecule has 1 aliphatic carbocycles. The third-order valence-corrected chi connectivity index (χ3v) is 3.71. The zero-order valence-electron chi connectivity index (χ0n) is 12.0. The Labute approximate surface area is 123 Å². The molecule has 1 fully saturated rings. The molecule has 1 aromatic carbocycles. The number of carbonyl (C=O) groups excluding carboxylic acids is 1. The first kappa shape index (κ1) is 13.8. The Hall–Kier alpha value is -2.17. The molecule has 1 N–H and O–H groups in total. The van der Waals surface area contributed by atoms with Gasteiger partial charge in [0, 0.05) is 18.7 Å². The van der Waals surface area contributed by atoms with Gasteiger partial charge < -0.3 is 5.32 Å². The lowest BCUT2D eigenvalue weighted by molar-refractivity contribution is -0.120.